The molecule has 0 saturated carbocycles. The standard InChI is InChI=1S/C15H20N2O2/c1-2-14-11(7-17-8-12(16)13(18)9-17)10-5-3-4-6-15(10)19-14/h3-6,12-13,18H,2,7-9,16H2,1H3. The van der Waals surface area contributed by atoms with Gasteiger partial charge in [0.2, 0.25) is 0 Å². The lowest BCUT2D eigenvalue weighted by Gasteiger charge is -2.14. The van der Waals surface area contributed by atoms with Gasteiger partial charge >= 0.3 is 0 Å². The number of fused-ring (bicyclic) bond motifs is 1. The summed E-state index contributed by atoms with van der Waals surface area (Å²) >= 11 is 0. The van der Waals surface area contributed by atoms with Crippen LogP contribution < -0.4 is 5.73 Å². The summed E-state index contributed by atoms with van der Waals surface area (Å²) in [6, 6.07) is 7.99. The zero-order valence-electron chi connectivity index (χ0n) is 11.2. The summed E-state index contributed by atoms with van der Waals surface area (Å²) in [5, 5.41) is 10.9. The van der Waals surface area contributed by atoms with E-state index in [1.165, 1.54) is 10.9 Å². The number of aliphatic hydroxyl groups is 1. The average molecular weight is 260 g/mol. The van der Waals surface area contributed by atoms with E-state index < -0.39 is 6.10 Å². The summed E-state index contributed by atoms with van der Waals surface area (Å²) < 4.78 is 5.89. The van der Waals surface area contributed by atoms with Crippen LogP contribution in [0.4, 0.5) is 0 Å². The molecule has 1 aliphatic heterocycles. The predicted molar refractivity (Wildman–Crippen MR) is 74.9 cm³/mol. The summed E-state index contributed by atoms with van der Waals surface area (Å²) in [5.74, 6) is 1.04. The Morgan fingerprint density at radius 3 is 2.84 bits per heavy atom. The van der Waals surface area contributed by atoms with Crippen LogP contribution in [0.25, 0.3) is 11.0 Å². The number of hydrogen-bond acceptors (Lipinski definition) is 4. The molecule has 1 fully saturated rings. The van der Waals surface area contributed by atoms with Gasteiger partial charge in [0.1, 0.15) is 11.3 Å². The highest BCUT2D eigenvalue weighted by molar-refractivity contribution is 5.82. The Morgan fingerprint density at radius 1 is 1.37 bits per heavy atom. The quantitative estimate of drug-likeness (QED) is 0.878. The third-order valence-electron chi connectivity index (χ3n) is 3.89. The number of nitrogens with two attached hydrogens (primary N) is 1. The molecule has 2 unspecified atom stereocenters. The lowest BCUT2D eigenvalue weighted by atomic mass is 10.1. The zero-order valence-corrected chi connectivity index (χ0v) is 11.2. The molecule has 0 amide bonds. The Morgan fingerprint density at radius 2 is 2.16 bits per heavy atom. The normalized spacial score (nSPS) is 24.4. The predicted octanol–water partition coefficient (Wildman–Crippen LogP) is 1.50. The van der Waals surface area contributed by atoms with Crippen molar-refractivity contribution in [1.29, 1.82) is 0 Å². The molecule has 3 N–H and O–H groups in total. The van der Waals surface area contributed by atoms with Crippen LogP contribution >= 0.6 is 0 Å². The molecular formula is C15H20N2O2. The van der Waals surface area contributed by atoms with Crippen molar-refractivity contribution < 1.29 is 9.52 Å². The minimum atomic E-state index is -0.414. The van der Waals surface area contributed by atoms with Gasteiger partial charge in [0, 0.05) is 43.0 Å². The molecule has 1 aromatic carbocycles. The summed E-state index contributed by atoms with van der Waals surface area (Å²) in [6.45, 7) is 4.28. The van der Waals surface area contributed by atoms with Crippen molar-refractivity contribution >= 4 is 11.0 Å². The van der Waals surface area contributed by atoms with Gasteiger partial charge in [0.15, 0.2) is 0 Å². The minimum absolute atomic E-state index is 0.136. The number of β-amino-alcohol motifs (C(OH)–C–C–N with tert-alkyl or cyclic N) is 1. The van der Waals surface area contributed by atoms with E-state index in [4.69, 9.17) is 10.2 Å². The summed E-state index contributed by atoms with van der Waals surface area (Å²) in [6.07, 6.45) is 0.468. The fourth-order valence-corrected chi connectivity index (χ4v) is 2.86. The highest BCUT2D eigenvalue weighted by Gasteiger charge is 2.29. The van der Waals surface area contributed by atoms with Crippen molar-refractivity contribution in [2.24, 2.45) is 5.73 Å². The minimum Gasteiger partial charge on any atom is -0.461 e. The van der Waals surface area contributed by atoms with Crippen molar-refractivity contribution in [1.82, 2.24) is 4.90 Å². The molecule has 0 bridgehead atoms. The van der Waals surface area contributed by atoms with Crippen LogP contribution in [0.1, 0.15) is 18.2 Å². The second-order valence-electron chi connectivity index (χ2n) is 5.28. The first-order chi connectivity index (χ1) is 9.19. The van der Waals surface area contributed by atoms with Crippen LogP contribution in [0.5, 0.6) is 0 Å². The number of hydrogen-bond donors (Lipinski definition) is 2. The van der Waals surface area contributed by atoms with Crippen LogP contribution in [-0.2, 0) is 13.0 Å². The zero-order chi connectivity index (χ0) is 13.4. The fraction of sp³-hybridized carbons (Fsp3) is 0.467. The third kappa shape index (κ3) is 2.27. The second kappa shape index (κ2) is 4.96. The smallest absolute Gasteiger partial charge is 0.134 e. The molecule has 19 heavy (non-hydrogen) atoms. The van der Waals surface area contributed by atoms with E-state index >= 15 is 0 Å². The highest BCUT2D eigenvalue weighted by Crippen LogP contribution is 2.28. The van der Waals surface area contributed by atoms with E-state index in [2.05, 4.69) is 17.9 Å². The topological polar surface area (TPSA) is 62.6 Å². The van der Waals surface area contributed by atoms with Gasteiger partial charge in [-0.15, -0.1) is 0 Å². The molecule has 4 nitrogen and oxygen atoms in total. The van der Waals surface area contributed by atoms with E-state index in [1.807, 2.05) is 18.2 Å². The number of rotatable bonds is 3. The lowest BCUT2D eigenvalue weighted by molar-refractivity contribution is 0.164. The number of aryl methyl sites for hydroxylation is 1. The monoisotopic (exact) mass is 260 g/mol. The van der Waals surface area contributed by atoms with Gasteiger partial charge in [-0.25, -0.2) is 0 Å². The van der Waals surface area contributed by atoms with Gasteiger partial charge in [-0.2, -0.15) is 0 Å². The molecule has 102 valence electrons. The van der Waals surface area contributed by atoms with Crippen LogP contribution in [0, 0.1) is 0 Å². The van der Waals surface area contributed by atoms with E-state index in [9.17, 15) is 5.11 Å². The number of aliphatic hydroxyl groups excluding tert-OH is 1. The molecule has 4 heteroatoms. The van der Waals surface area contributed by atoms with Crippen LogP contribution in [0.15, 0.2) is 28.7 Å². The van der Waals surface area contributed by atoms with Gasteiger partial charge in [0.25, 0.3) is 0 Å². The third-order valence-corrected chi connectivity index (χ3v) is 3.89. The van der Waals surface area contributed by atoms with Crippen molar-refractivity contribution in [3.05, 3.63) is 35.6 Å². The maximum Gasteiger partial charge on any atom is 0.134 e. The molecule has 0 aliphatic carbocycles. The molecule has 0 spiro atoms. The van der Waals surface area contributed by atoms with Gasteiger partial charge in [0.05, 0.1) is 6.10 Å². The molecule has 1 aromatic heterocycles. The Kier molecular flexibility index (Phi) is 3.31. The summed E-state index contributed by atoms with van der Waals surface area (Å²) in [4.78, 5) is 2.20. The first-order valence-corrected chi connectivity index (χ1v) is 6.84. The molecule has 1 saturated heterocycles. The maximum absolute atomic E-state index is 9.75. The SMILES string of the molecule is CCc1oc2ccccc2c1CN1CC(N)C(O)C1. The molecule has 3 rings (SSSR count). The second-order valence-corrected chi connectivity index (χ2v) is 5.28. The Hall–Kier alpha value is -1.36. The average Bonchev–Trinajstić information content (AvgIpc) is 2.92. The van der Waals surface area contributed by atoms with Gasteiger partial charge in [-0.05, 0) is 6.07 Å². The van der Waals surface area contributed by atoms with Crippen LogP contribution in [-0.4, -0.2) is 35.2 Å². The summed E-state index contributed by atoms with van der Waals surface area (Å²) in [5.41, 5.74) is 8.04. The van der Waals surface area contributed by atoms with Gasteiger partial charge < -0.3 is 15.3 Å². The highest BCUT2D eigenvalue weighted by atomic mass is 16.3. The molecule has 2 aromatic rings. The number of likely N-dealkylation sites (tertiary alicyclic amines) is 1. The molecule has 0 radical (unpaired) electrons. The number of para-hydroxylation sites is 1. The molecule has 2 heterocycles. The Balaban J connectivity index is 1.91. The van der Waals surface area contributed by atoms with Crippen molar-refractivity contribution in [3.63, 3.8) is 0 Å². The molecule has 1 aliphatic rings. The van der Waals surface area contributed by atoms with Gasteiger partial charge in [-0.1, -0.05) is 25.1 Å². The first-order valence-electron chi connectivity index (χ1n) is 6.84. The molecule has 2 atom stereocenters. The number of benzene rings is 1. The lowest BCUT2D eigenvalue weighted by Crippen LogP contribution is -2.32. The van der Waals surface area contributed by atoms with E-state index in [1.54, 1.807) is 0 Å². The van der Waals surface area contributed by atoms with Crippen LogP contribution in [0.3, 0.4) is 0 Å². The van der Waals surface area contributed by atoms with Crippen molar-refractivity contribution in [3.8, 4) is 0 Å². The van der Waals surface area contributed by atoms with E-state index in [0.717, 1.165) is 30.9 Å². The fourth-order valence-electron chi connectivity index (χ4n) is 2.86. The van der Waals surface area contributed by atoms with E-state index in [-0.39, 0.29) is 6.04 Å². The summed E-state index contributed by atoms with van der Waals surface area (Å²) in [7, 11) is 0. The van der Waals surface area contributed by atoms with Crippen molar-refractivity contribution in [2.75, 3.05) is 13.1 Å². The molecular weight excluding hydrogens is 240 g/mol. The Labute approximate surface area is 112 Å². The van der Waals surface area contributed by atoms with Crippen molar-refractivity contribution in [2.45, 2.75) is 32.0 Å². The Bertz CT molecular complexity index is 569. The van der Waals surface area contributed by atoms with Crippen LogP contribution in [0.2, 0.25) is 0 Å². The van der Waals surface area contributed by atoms with E-state index in [0.29, 0.717) is 6.54 Å². The maximum atomic E-state index is 9.75. The largest absolute Gasteiger partial charge is 0.461 e. The first kappa shape index (κ1) is 12.7. The number of nitrogens with zero attached hydrogens (tertiary/aromatic N) is 1. The van der Waals surface area contributed by atoms with Gasteiger partial charge in [-0.3, -0.25) is 4.90 Å². The number of furan rings is 1.